The molecule has 0 N–H and O–H groups in total. The van der Waals surface area contributed by atoms with Gasteiger partial charge in [-0.25, -0.2) is 9.78 Å². The van der Waals surface area contributed by atoms with Crippen LogP contribution in [0.4, 0.5) is 0 Å². The fourth-order valence-corrected chi connectivity index (χ4v) is 2.26. The van der Waals surface area contributed by atoms with E-state index in [1.807, 2.05) is 32.9 Å². The normalized spacial score (nSPS) is 20.7. The van der Waals surface area contributed by atoms with Gasteiger partial charge in [-0.1, -0.05) is 0 Å². The van der Waals surface area contributed by atoms with Crippen molar-refractivity contribution in [2.45, 2.75) is 38.6 Å². The van der Waals surface area contributed by atoms with Gasteiger partial charge in [-0.2, -0.15) is 0 Å². The van der Waals surface area contributed by atoms with Crippen molar-refractivity contribution in [1.82, 2.24) is 9.97 Å². The molecule has 0 bridgehead atoms. The van der Waals surface area contributed by atoms with Crippen LogP contribution in [-0.4, -0.2) is 34.8 Å². The summed E-state index contributed by atoms with van der Waals surface area (Å²) in [7, 11) is 1.56. The van der Waals surface area contributed by atoms with Crippen LogP contribution in [-0.2, 0) is 14.3 Å². The maximum atomic E-state index is 12.1. The maximum absolute atomic E-state index is 12.1. The molecule has 0 aliphatic carbocycles. The fourth-order valence-electron chi connectivity index (χ4n) is 2.26. The molecule has 116 valence electrons. The van der Waals surface area contributed by atoms with Crippen LogP contribution in [0.15, 0.2) is 24.4 Å². The molecular weight excluding hydrogens is 284 g/mol. The number of epoxide rings is 1. The highest BCUT2D eigenvalue weighted by Gasteiger charge is 2.49. The summed E-state index contributed by atoms with van der Waals surface area (Å²) in [5, 5.41) is 0. The minimum Gasteiger partial charge on any atom is -0.481 e. The first-order valence-electron chi connectivity index (χ1n) is 7.07. The third kappa shape index (κ3) is 2.87. The third-order valence-corrected chi connectivity index (χ3v) is 3.24. The van der Waals surface area contributed by atoms with Crippen LogP contribution < -0.4 is 4.74 Å². The lowest BCUT2D eigenvalue weighted by Gasteiger charge is -2.18. The van der Waals surface area contributed by atoms with Gasteiger partial charge in [0, 0.05) is 17.8 Å². The van der Waals surface area contributed by atoms with Crippen LogP contribution in [0.5, 0.6) is 5.88 Å². The standard InChI is InChI=1S/C16H18N2O4/c1-16(2,3)22-15(19)14-13(21-14)9-7-8-17-10-5-6-11(20-4)18-12(9)10/h5-8,13-14H,1-4H3/t13-,14+/m1/s1. The van der Waals surface area contributed by atoms with Crippen molar-refractivity contribution >= 4 is 17.0 Å². The van der Waals surface area contributed by atoms with Gasteiger partial charge in [-0.05, 0) is 32.9 Å². The lowest BCUT2D eigenvalue weighted by atomic mass is 10.1. The molecule has 0 saturated carbocycles. The van der Waals surface area contributed by atoms with Crippen molar-refractivity contribution in [3.63, 3.8) is 0 Å². The molecule has 0 amide bonds. The van der Waals surface area contributed by atoms with Crippen molar-refractivity contribution in [2.75, 3.05) is 7.11 Å². The van der Waals surface area contributed by atoms with Gasteiger partial charge in [0.05, 0.1) is 18.1 Å². The highest BCUT2D eigenvalue weighted by atomic mass is 16.6. The van der Waals surface area contributed by atoms with Gasteiger partial charge >= 0.3 is 5.97 Å². The second-order valence-corrected chi connectivity index (χ2v) is 6.13. The van der Waals surface area contributed by atoms with Crippen LogP contribution in [0.3, 0.4) is 0 Å². The summed E-state index contributed by atoms with van der Waals surface area (Å²) < 4.78 is 16.0. The molecule has 1 fully saturated rings. The number of rotatable bonds is 3. The molecule has 3 heterocycles. The monoisotopic (exact) mass is 302 g/mol. The topological polar surface area (TPSA) is 73.8 Å². The van der Waals surface area contributed by atoms with Gasteiger partial charge in [0.2, 0.25) is 5.88 Å². The van der Waals surface area contributed by atoms with Gasteiger partial charge in [-0.15, -0.1) is 0 Å². The molecule has 3 rings (SSSR count). The van der Waals surface area contributed by atoms with Crippen LogP contribution in [0.2, 0.25) is 0 Å². The van der Waals surface area contributed by atoms with Crippen molar-refractivity contribution in [1.29, 1.82) is 0 Å². The second-order valence-electron chi connectivity index (χ2n) is 6.13. The van der Waals surface area contributed by atoms with Gasteiger partial charge in [0.15, 0.2) is 6.10 Å². The van der Waals surface area contributed by atoms with E-state index >= 15 is 0 Å². The Balaban J connectivity index is 1.88. The van der Waals surface area contributed by atoms with Crippen molar-refractivity contribution in [3.05, 3.63) is 30.0 Å². The quantitative estimate of drug-likeness (QED) is 0.640. The first kappa shape index (κ1) is 14.7. The predicted octanol–water partition coefficient (Wildman–Crippen LogP) is 2.42. The smallest absolute Gasteiger partial charge is 0.338 e. The van der Waals surface area contributed by atoms with Crippen molar-refractivity contribution < 1.29 is 19.0 Å². The number of nitrogens with zero attached hydrogens (tertiary/aromatic N) is 2. The molecule has 1 aliphatic heterocycles. The number of pyridine rings is 2. The molecular formula is C16H18N2O4. The average molecular weight is 302 g/mol. The molecule has 0 aromatic carbocycles. The molecule has 1 saturated heterocycles. The molecule has 0 spiro atoms. The summed E-state index contributed by atoms with van der Waals surface area (Å²) >= 11 is 0. The minimum absolute atomic E-state index is 0.347. The molecule has 2 aromatic heterocycles. The Morgan fingerprint density at radius 2 is 2.05 bits per heavy atom. The number of fused-ring (bicyclic) bond motifs is 1. The highest BCUT2D eigenvalue weighted by molar-refractivity contribution is 5.83. The Kier molecular flexibility index (Phi) is 3.48. The van der Waals surface area contributed by atoms with Crippen LogP contribution in [0, 0.1) is 0 Å². The number of carbonyl (C=O) groups is 1. The lowest BCUT2D eigenvalue weighted by Crippen LogP contribution is -2.26. The van der Waals surface area contributed by atoms with E-state index in [1.54, 1.807) is 19.4 Å². The highest BCUT2D eigenvalue weighted by Crippen LogP contribution is 2.42. The fraction of sp³-hybridized carbons (Fsp3) is 0.438. The van der Waals surface area contributed by atoms with E-state index in [0.29, 0.717) is 11.4 Å². The number of hydrogen-bond donors (Lipinski definition) is 0. The Labute approximate surface area is 128 Å². The van der Waals surface area contributed by atoms with Gasteiger partial charge in [0.25, 0.3) is 0 Å². The van der Waals surface area contributed by atoms with E-state index in [0.717, 1.165) is 11.1 Å². The lowest BCUT2D eigenvalue weighted by molar-refractivity contribution is -0.156. The van der Waals surface area contributed by atoms with E-state index in [4.69, 9.17) is 14.2 Å². The summed E-state index contributed by atoms with van der Waals surface area (Å²) in [5.41, 5.74) is 1.70. The zero-order chi connectivity index (χ0) is 15.9. The van der Waals surface area contributed by atoms with Crippen LogP contribution >= 0.6 is 0 Å². The number of carbonyl (C=O) groups excluding carboxylic acids is 1. The zero-order valence-electron chi connectivity index (χ0n) is 13.0. The second kappa shape index (κ2) is 5.21. The Morgan fingerprint density at radius 1 is 1.27 bits per heavy atom. The Hall–Kier alpha value is -2.21. The maximum Gasteiger partial charge on any atom is 0.338 e. The minimum atomic E-state index is -0.585. The molecule has 6 heteroatoms. The number of aromatic nitrogens is 2. The molecule has 2 atom stereocenters. The van der Waals surface area contributed by atoms with Gasteiger partial charge < -0.3 is 14.2 Å². The molecule has 22 heavy (non-hydrogen) atoms. The van der Waals surface area contributed by atoms with Gasteiger partial charge in [0.1, 0.15) is 11.7 Å². The number of ether oxygens (including phenoxy) is 3. The molecule has 6 nitrogen and oxygen atoms in total. The van der Waals surface area contributed by atoms with Crippen molar-refractivity contribution in [3.8, 4) is 5.88 Å². The number of hydrogen-bond acceptors (Lipinski definition) is 6. The summed E-state index contributed by atoms with van der Waals surface area (Å²) in [4.78, 5) is 20.7. The van der Waals surface area contributed by atoms with E-state index < -0.39 is 11.7 Å². The van der Waals surface area contributed by atoms with E-state index in [1.165, 1.54) is 0 Å². The Morgan fingerprint density at radius 3 is 2.73 bits per heavy atom. The summed E-state index contributed by atoms with van der Waals surface area (Å²) in [6, 6.07) is 5.39. The zero-order valence-corrected chi connectivity index (χ0v) is 13.0. The Bertz CT molecular complexity index is 724. The van der Waals surface area contributed by atoms with Gasteiger partial charge in [-0.3, -0.25) is 4.98 Å². The summed E-state index contributed by atoms with van der Waals surface area (Å²) in [6.07, 6.45) is 0.748. The summed E-state index contributed by atoms with van der Waals surface area (Å²) in [5.74, 6) is 0.140. The molecule has 2 aromatic rings. The third-order valence-electron chi connectivity index (χ3n) is 3.24. The van der Waals surface area contributed by atoms with E-state index in [9.17, 15) is 4.79 Å². The summed E-state index contributed by atoms with van der Waals surface area (Å²) in [6.45, 7) is 5.49. The van der Waals surface area contributed by atoms with E-state index in [-0.39, 0.29) is 12.1 Å². The number of methoxy groups -OCH3 is 1. The first-order valence-corrected chi connectivity index (χ1v) is 7.07. The van der Waals surface area contributed by atoms with Crippen LogP contribution in [0.25, 0.3) is 11.0 Å². The number of esters is 1. The average Bonchev–Trinajstić information content (AvgIpc) is 3.24. The molecule has 0 unspecified atom stereocenters. The van der Waals surface area contributed by atoms with Crippen LogP contribution in [0.1, 0.15) is 32.4 Å². The van der Waals surface area contributed by atoms with E-state index in [2.05, 4.69) is 9.97 Å². The molecule has 1 aliphatic rings. The largest absolute Gasteiger partial charge is 0.481 e. The predicted molar refractivity (Wildman–Crippen MR) is 79.5 cm³/mol. The SMILES string of the molecule is COc1ccc2nccc([C@H]3O[C@@H]3C(=O)OC(C)(C)C)c2n1. The molecule has 0 radical (unpaired) electrons. The van der Waals surface area contributed by atoms with Crippen molar-refractivity contribution in [2.24, 2.45) is 0 Å². The first-order chi connectivity index (χ1) is 10.4.